The average molecular weight is 422 g/mol. The summed E-state index contributed by atoms with van der Waals surface area (Å²) < 4.78 is 21.9. The minimum absolute atomic E-state index is 0.156. The summed E-state index contributed by atoms with van der Waals surface area (Å²) in [5, 5.41) is 14.3. The van der Waals surface area contributed by atoms with Crippen molar-refractivity contribution in [2.45, 2.75) is 38.3 Å². The Kier molecular flexibility index (Phi) is 5.42. The first-order valence-electron chi connectivity index (χ1n) is 10.7. The molecule has 3 aromatic rings. The molecule has 0 spiro atoms. The molecule has 5 rings (SSSR count). The maximum atomic E-state index is 9.91. The lowest BCUT2D eigenvalue weighted by molar-refractivity contribution is 0.174. The molecule has 1 aromatic heterocycles. The van der Waals surface area contributed by atoms with Crippen molar-refractivity contribution >= 4 is 0 Å². The quantitative estimate of drug-likeness (QED) is 0.626. The number of aromatic hydroxyl groups is 1. The Hall–Kier alpha value is -3.19. The molecular weight excluding hydrogens is 396 g/mol. The number of benzene rings is 2. The molecule has 162 valence electrons. The minimum atomic E-state index is 0.156. The van der Waals surface area contributed by atoms with E-state index in [0.717, 1.165) is 66.4 Å². The zero-order valence-electron chi connectivity index (χ0n) is 17.5. The van der Waals surface area contributed by atoms with Gasteiger partial charge in [-0.1, -0.05) is 24.1 Å². The van der Waals surface area contributed by atoms with Crippen LogP contribution in [0, 0.1) is 0 Å². The fourth-order valence-electron chi connectivity index (χ4n) is 4.38. The Morgan fingerprint density at radius 3 is 2.87 bits per heavy atom. The van der Waals surface area contributed by atoms with Crippen LogP contribution in [0.25, 0.3) is 11.3 Å². The number of aromatic nitrogens is 1. The number of methoxy groups -OCH3 is 1. The van der Waals surface area contributed by atoms with Crippen molar-refractivity contribution in [2.75, 3.05) is 20.4 Å². The highest BCUT2D eigenvalue weighted by atomic mass is 16.7. The van der Waals surface area contributed by atoms with Gasteiger partial charge < -0.3 is 23.8 Å². The zero-order chi connectivity index (χ0) is 21.2. The van der Waals surface area contributed by atoms with Gasteiger partial charge in [-0.3, -0.25) is 4.90 Å². The lowest BCUT2D eigenvalue weighted by atomic mass is 10.0. The summed E-state index contributed by atoms with van der Waals surface area (Å²) in [6.07, 6.45) is 4.55. The number of ether oxygens (including phenoxy) is 3. The molecule has 2 aliphatic heterocycles. The molecule has 0 unspecified atom stereocenters. The Morgan fingerprint density at radius 2 is 1.97 bits per heavy atom. The predicted molar refractivity (Wildman–Crippen MR) is 114 cm³/mol. The molecule has 1 N–H and O–H groups in total. The van der Waals surface area contributed by atoms with Gasteiger partial charge in [-0.15, -0.1) is 0 Å². The molecule has 0 aliphatic carbocycles. The number of hydrogen-bond donors (Lipinski definition) is 1. The van der Waals surface area contributed by atoms with Crippen LogP contribution in [0.3, 0.4) is 0 Å². The van der Waals surface area contributed by atoms with E-state index >= 15 is 0 Å². The number of fused-ring (bicyclic) bond motifs is 1. The molecule has 2 aromatic carbocycles. The van der Waals surface area contributed by atoms with Crippen LogP contribution in [-0.4, -0.2) is 35.6 Å². The maximum Gasteiger partial charge on any atom is 0.231 e. The van der Waals surface area contributed by atoms with Gasteiger partial charge in [-0.05, 0) is 55.3 Å². The molecular formula is C24H26N2O5. The van der Waals surface area contributed by atoms with E-state index in [2.05, 4.69) is 10.1 Å². The van der Waals surface area contributed by atoms with E-state index in [1.54, 1.807) is 13.2 Å². The van der Waals surface area contributed by atoms with Gasteiger partial charge in [0.15, 0.2) is 28.8 Å². The lowest BCUT2D eigenvalue weighted by Crippen LogP contribution is -2.28. The van der Waals surface area contributed by atoms with Crippen LogP contribution in [0.4, 0.5) is 0 Å². The largest absolute Gasteiger partial charge is 0.504 e. The second-order valence-corrected chi connectivity index (χ2v) is 8.03. The van der Waals surface area contributed by atoms with Crippen molar-refractivity contribution in [2.24, 2.45) is 0 Å². The van der Waals surface area contributed by atoms with Crippen LogP contribution >= 0.6 is 0 Å². The molecule has 7 nitrogen and oxygen atoms in total. The molecule has 0 bridgehead atoms. The first-order valence-corrected chi connectivity index (χ1v) is 10.7. The van der Waals surface area contributed by atoms with Crippen molar-refractivity contribution in [3.05, 3.63) is 53.7 Å². The Balaban J connectivity index is 1.39. The number of nitrogens with zero attached hydrogens (tertiary/aromatic N) is 2. The van der Waals surface area contributed by atoms with Crippen LogP contribution in [0.1, 0.15) is 43.0 Å². The monoisotopic (exact) mass is 422 g/mol. The standard InChI is InChI=1S/C24H26N2O5/c1-28-23-11-16(6-8-20(23)27)14-26-10-4-2-3-5-19(26)18-13-22(31-25-18)17-7-9-21-24(12-17)30-15-29-21/h6-9,11-13,19,27H,2-5,10,14-15H2,1H3/t19-/m1/s1. The minimum Gasteiger partial charge on any atom is -0.504 e. The molecule has 2 aliphatic rings. The molecule has 3 heterocycles. The van der Waals surface area contributed by atoms with Crippen molar-refractivity contribution in [3.8, 4) is 34.3 Å². The van der Waals surface area contributed by atoms with Crippen molar-refractivity contribution in [1.82, 2.24) is 10.1 Å². The maximum absolute atomic E-state index is 9.91. The van der Waals surface area contributed by atoms with Gasteiger partial charge in [-0.25, -0.2) is 0 Å². The van der Waals surface area contributed by atoms with Gasteiger partial charge in [0.05, 0.1) is 13.2 Å². The Bertz CT molecular complexity index is 1060. The second kappa shape index (κ2) is 8.51. The fraction of sp³-hybridized carbons (Fsp3) is 0.375. The van der Waals surface area contributed by atoms with Crippen molar-refractivity contribution < 1.29 is 23.8 Å². The van der Waals surface area contributed by atoms with Gasteiger partial charge in [0, 0.05) is 18.2 Å². The topological polar surface area (TPSA) is 77.2 Å². The highest BCUT2D eigenvalue weighted by Crippen LogP contribution is 2.38. The van der Waals surface area contributed by atoms with E-state index in [1.165, 1.54) is 6.42 Å². The van der Waals surface area contributed by atoms with Crippen molar-refractivity contribution in [1.29, 1.82) is 0 Å². The van der Waals surface area contributed by atoms with Crippen LogP contribution in [-0.2, 0) is 6.54 Å². The molecule has 0 saturated carbocycles. The van der Waals surface area contributed by atoms with Crippen LogP contribution in [0.5, 0.6) is 23.0 Å². The summed E-state index contributed by atoms with van der Waals surface area (Å²) in [5.41, 5.74) is 2.97. The fourth-order valence-corrected chi connectivity index (χ4v) is 4.38. The number of rotatable bonds is 5. The summed E-state index contributed by atoms with van der Waals surface area (Å²) in [4.78, 5) is 2.44. The molecule has 1 fully saturated rings. The van der Waals surface area contributed by atoms with E-state index in [9.17, 15) is 5.11 Å². The number of phenols is 1. The molecule has 31 heavy (non-hydrogen) atoms. The molecule has 1 atom stereocenters. The summed E-state index contributed by atoms with van der Waals surface area (Å²) in [6.45, 7) is 1.99. The normalized spacial score (nSPS) is 18.7. The SMILES string of the molecule is COc1cc(CN2CCCCC[C@@H]2c2cc(-c3ccc4c(c3)OCO4)on2)ccc1O. The van der Waals surface area contributed by atoms with Gasteiger partial charge >= 0.3 is 0 Å². The third-order valence-corrected chi connectivity index (χ3v) is 6.02. The van der Waals surface area contributed by atoms with E-state index in [1.807, 2.05) is 36.4 Å². The van der Waals surface area contributed by atoms with Gasteiger partial charge in [0.2, 0.25) is 6.79 Å². The molecule has 1 saturated heterocycles. The van der Waals surface area contributed by atoms with E-state index < -0.39 is 0 Å². The van der Waals surface area contributed by atoms with Crippen molar-refractivity contribution in [3.63, 3.8) is 0 Å². The smallest absolute Gasteiger partial charge is 0.231 e. The van der Waals surface area contributed by atoms with E-state index in [0.29, 0.717) is 5.75 Å². The molecule has 7 heteroatoms. The summed E-state index contributed by atoms with van der Waals surface area (Å²) in [6, 6.07) is 13.5. The second-order valence-electron chi connectivity index (χ2n) is 8.03. The Labute approximate surface area is 181 Å². The third-order valence-electron chi connectivity index (χ3n) is 6.02. The number of phenolic OH excluding ortho intramolecular Hbond substituents is 1. The first kappa shape index (κ1) is 19.8. The molecule has 0 amide bonds. The highest BCUT2D eigenvalue weighted by molar-refractivity contribution is 5.63. The Morgan fingerprint density at radius 1 is 1.06 bits per heavy atom. The summed E-state index contributed by atoms with van der Waals surface area (Å²) >= 11 is 0. The average Bonchev–Trinajstić information content (AvgIpc) is 3.40. The van der Waals surface area contributed by atoms with Crippen LogP contribution in [0.2, 0.25) is 0 Å². The zero-order valence-corrected chi connectivity index (χ0v) is 17.5. The van der Waals surface area contributed by atoms with E-state index in [-0.39, 0.29) is 18.6 Å². The van der Waals surface area contributed by atoms with E-state index in [4.69, 9.17) is 18.7 Å². The number of likely N-dealkylation sites (tertiary alicyclic amines) is 1. The van der Waals surface area contributed by atoms with Crippen LogP contribution < -0.4 is 14.2 Å². The van der Waals surface area contributed by atoms with Crippen LogP contribution in [0.15, 0.2) is 47.0 Å². The first-order chi connectivity index (χ1) is 15.2. The third kappa shape index (κ3) is 4.05. The predicted octanol–water partition coefficient (Wildman–Crippen LogP) is 4.90. The summed E-state index contributed by atoms with van der Waals surface area (Å²) in [7, 11) is 1.57. The lowest BCUT2D eigenvalue weighted by Gasteiger charge is -2.28. The molecule has 0 radical (unpaired) electrons. The summed E-state index contributed by atoms with van der Waals surface area (Å²) in [5.74, 6) is 2.86. The van der Waals surface area contributed by atoms with Gasteiger partial charge in [0.1, 0.15) is 5.69 Å². The number of hydrogen-bond acceptors (Lipinski definition) is 7. The van der Waals surface area contributed by atoms with Gasteiger partial charge in [0.25, 0.3) is 0 Å². The van der Waals surface area contributed by atoms with Gasteiger partial charge in [-0.2, -0.15) is 0 Å². The highest BCUT2D eigenvalue weighted by Gasteiger charge is 2.26.